The minimum Gasteiger partial charge on any atom is -0.488 e. The van der Waals surface area contributed by atoms with Crippen molar-refractivity contribution in [1.29, 1.82) is 0 Å². The maximum atomic E-state index is 13.3. The summed E-state index contributed by atoms with van der Waals surface area (Å²) < 4.78 is 36.4. The molecule has 0 aromatic heterocycles. The molecule has 3 nitrogen and oxygen atoms in total. The van der Waals surface area contributed by atoms with Gasteiger partial charge in [0, 0.05) is 6.07 Å². The van der Waals surface area contributed by atoms with Crippen molar-refractivity contribution in [3.8, 4) is 5.75 Å². The van der Waals surface area contributed by atoms with Crippen LogP contribution in [-0.4, -0.2) is 24.4 Å². The molecule has 0 bridgehead atoms. The summed E-state index contributed by atoms with van der Waals surface area (Å²) in [7, 11) is 0. The van der Waals surface area contributed by atoms with Crippen LogP contribution in [0.15, 0.2) is 48.5 Å². The number of halogens is 2. The van der Waals surface area contributed by atoms with Crippen molar-refractivity contribution in [2.24, 2.45) is 0 Å². The van der Waals surface area contributed by atoms with Gasteiger partial charge in [-0.2, -0.15) is 0 Å². The van der Waals surface area contributed by atoms with Crippen LogP contribution in [0, 0.1) is 11.6 Å². The highest BCUT2D eigenvalue weighted by atomic mass is 19.1. The monoisotopic (exact) mass is 294 g/mol. The smallest absolute Gasteiger partial charge is 0.167 e. The van der Waals surface area contributed by atoms with E-state index in [9.17, 15) is 13.9 Å². The van der Waals surface area contributed by atoms with Gasteiger partial charge in [-0.1, -0.05) is 30.3 Å². The molecule has 21 heavy (non-hydrogen) atoms. The lowest BCUT2D eigenvalue weighted by atomic mass is 10.2. The average Bonchev–Trinajstić information content (AvgIpc) is 2.47. The second-order valence-electron chi connectivity index (χ2n) is 4.54. The van der Waals surface area contributed by atoms with Crippen molar-refractivity contribution in [3.05, 3.63) is 65.7 Å². The molecule has 1 N–H and O–H groups in total. The molecule has 0 fully saturated rings. The van der Waals surface area contributed by atoms with Gasteiger partial charge in [-0.05, 0) is 17.7 Å². The number of hydrogen-bond acceptors (Lipinski definition) is 3. The van der Waals surface area contributed by atoms with Crippen LogP contribution < -0.4 is 4.74 Å². The molecule has 0 radical (unpaired) electrons. The second kappa shape index (κ2) is 7.71. The van der Waals surface area contributed by atoms with E-state index in [4.69, 9.17) is 9.47 Å². The summed E-state index contributed by atoms with van der Waals surface area (Å²) in [6.07, 6.45) is -0.891. The Bertz CT molecular complexity index is 561. The molecule has 1 atom stereocenters. The summed E-state index contributed by atoms with van der Waals surface area (Å²) in [6.45, 7) is 0.317. The van der Waals surface area contributed by atoms with E-state index in [-0.39, 0.29) is 19.0 Å². The van der Waals surface area contributed by atoms with E-state index >= 15 is 0 Å². The third-order valence-corrected chi connectivity index (χ3v) is 2.75. The van der Waals surface area contributed by atoms with Crippen LogP contribution in [0.3, 0.4) is 0 Å². The van der Waals surface area contributed by atoms with Gasteiger partial charge in [-0.3, -0.25) is 0 Å². The Hall–Kier alpha value is -1.98. The van der Waals surface area contributed by atoms with Crippen molar-refractivity contribution < 1.29 is 23.4 Å². The summed E-state index contributed by atoms with van der Waals surface area (Å²) in [5, 5.41) is 9.69. The summed E-state index contributed by atoms with van der Waals surface area (Å²) in [5.74, 6) is -1.57. The topological polar surface area (TPSA) is 38.7 Å². The number of ether oxygens (including phenoxy) is 2. The SMILES string of the molecule is OC(COCc1ccccc1)COc1ccc(F)cc1F. The first kappa shape index (κ1) is 15.4. The van der Waals surface area contributed by atoms with Gasteiger partial charge in [0.15, 0.2) is 11.6 Å². The minimum atomic E-state index is -0.891. The Morgan fingerprint density at radius 2 is 1.76 bits per heavy atom. The predicted molar refractivity (Wildman–Crippen MR) is 74.0 cm³/mol. The molecule has 0 heterocycles. The molecule has 2 aromatic carbocycles. The van der Waals surface area contributed by atoms with E-state index in [0.717, 1.165) is 17.7 Å². The van der Waals surface area contributed by atoms with Gasteiger partial charge in [0.25, 0.3) is 0 Å². The molecule has 0 spiro atoms. The lowest BCUT2D eigenvalue weighted by Crippen LogP contribution is -2.23. The normalized spacial score (nSPS) is 12.1. The molecule has 0 aliphatic rings. The van der Waals surface area contributed by atoms with Gasteiger partial charge in [0.2, 0.25) is 0 Å². The molecule has 0 aliphatic heterocycles. The Labute approximate surface area is 121 Å². The van der Waals surface area contributed by atoms with Crippen LogP contribution in [0.2, 0.25) is 0 Å². The molecule has 112 valence electrons. The van der Waals surface area contributed by atoms with Crippen molar-refractivity contribution in [1.82, 2.24) is 0 Å². The van der Waals surface area contributed by atoms with Crippen LogP contribution in [0.1, 0.15) is 5.56 Å². The molecule has 0 amide bonds. The first-order chi connectivity index (χ1) is 10.1. The lowest BCUT2D eigenvalue weighted by Gasteiger charge is -2.13. The van der Waals surface area contributed by atoms with E-state index in [1.807, 2.05) is 30.3 Å². The quantitative estimate of drug-likeness (QED) is 0.853. The highest BCUT2D eigenvalue weighted by Gasteiger charge is 2.09. The maximum Gasteiger partial charge on any atom is 0.167 e. The highest BCUT2D eigenvalue weighted by molar-refractivity contribution is 5.24. The second-order valence-corrected chi connectivity index (χ2v) is 4.54. The number of rotatable bonds is 7. The van der Waals surface area contributed by atoms with Crippen molar-refractivity contribution in [2.75, 3.05) is 13.2 Å². The number of benzene rings is 2. The fourth-order valence-electron chi connectivity index (χ4n) is 1.71. The Kier molecular flexibility index (Phi) is 5.66. The van der Waals surface area contributed by atoms with Gasteiger partial charge in [0.1, 0.15) is 18.5 Å². The molecule has 0 saturated heterocycles. The molecule has 0 saturated carbocycles. The summed E-state index contributed by atoms with van der Waals surface area (Å²) in [6, 6.07) is 12.5. The molecule has 5 heteroatoms. The highest BCUT2D eigenvalue weighted by Crippen LogP contribution is 2.17. The van der Waals surface area contributed by atoms with Crippen LogP contribution >= 0.6 is 0 Å². The summed E-state index contributed by atoms with van der Waals surface area (Å²) in [5.41, 5.74) is 0.996. The van der Waals surface area contributed by atoms with E-state index in [0.29, 0.717) is 6.61 Å². The zero-order valence-electron chi connectivity index (χ0n) is 11.3. The summed E-state index contributed by atoms with van der Waals surface area (Å²) in [4.78, 5) is 0. The van der Waals surface area contributed by atoms with Crippen molar-refractivity contribution in [3.63, 3.8) is 0 Å². The van der Waals surface area contributed by atoms with E-state index in [2.05, 4.69) is 0 Å². The van der Waals surface area contributed by atoms with Gasteiger partial charge in [-0.15, -0.1) is 0 Å². The molecule has 0 aliphatic carbocycles. The Balaban J connectivity index is 1.71. The van der Waals surface area contributed by atoms with Gasteiger partial charge in [0.05, 0.1) is 13.2 Å². The lowest BCUT2D eigenvalue weighted by molar-refractivity contribution is 0.00483. The molecular formula is C16H16F2O3. The zero-order chi connectivity index (χ0) is 15.1. The fourth-order valence-corrected chi connectivity index (χ4v) is 1.71. The van der Waals surface area contributed by atoms with Crippen molar-refractivity contribution >= 4 is 0 Å². The van der Waals surface area contributed by atoms with Crippen LogP contribution in [0.5, 0.6) is 5.75 Å². The van der Waals surface area contributed by atoms with Crippen molar-refractivity contribution in [2.45, 2.75) is 12.7 Å². The third-order valence-electron chi connectivity index (χ3n) is 2.75. The van der Waals surface area contributed by atoms with Crippen LogP contribution in [0.4, 0.5) is 8.78 Å². The standard InChI is InChI=1S/C16H16F2O3/c17-13-6-7-16(15(18)8-13)21-11-14(19)10-20-9-12-4-2-1-3-5-12/h1-8,14,19H,9-11H2. The average molecular weight is 294 g/mol. The predicted octanol–water partition coefficient (Wildman–Crippen LogP) is 2.92. The first-order valence-electron chi connectivity index (χ1n) is 6.53. The van der Waals surface area contributed by atoms with Gasteiger partial charge in [-0.25, -0.2) is 8.78 Å². The largest absolute Gasteiger partial charge is 0.488 e. The van der Waals surface area contributed by atoms with E-state index in [1.54, 1.807) is 0 Å². The fraction of sp³-hybridized carbons (Fsp3) is 0.250. The number of aliphatic hydroxyl groups excluding tert-OH is 1. The van der Waals surface area contributed by atoms with Gasteiger partial charge >= 0.3 is 0 Å². The van der Waals surface area contributed by atoms with E-state index in [1.165, 1.54) is 6.07 Å². The van der Waals surface area contributed by atoms with Crippen LogP contribution in [-0.2, 0) is 11.3 Å². The Morgan fingerprint density at radius 3 is 2.48 bits per heavy atom. The molecule has 2 aromatic rings. The Morgan fingerprint density at radius 1 is 1.00 bits per heavy atom. The molecule has 1 unspecified atom stereocenters. The van der Waals surface area contributed by atoms with Crippen LogP contribution in [0.25, 0.3) is 0 Å². The summed E-state index contributed by atoms with van der Waals surface area (Å²) >= 11 is 0. The molecule has 2 rings (SSSR count). The molecular weight excluding hydrogens is 278 g/mol. The minimum absolute atomic E-state index is 0.0672. The third kappa shape index (κ3) is 5.13. The zero-order valence-corrected chi connectivity index (χ0v) is 11.3. The van der Waals surface area contributed by atoms with Gasteiger partial charge < -0.3 is 14.6 Å². The number of hydrogen-bond donors (Lipinski definition) is 1. The van der Waals surface area contributed by atoms with E-state index < -0.39 is 17.7 Å². The maximum absolute atomic E-state index is 13.3. The first-order valence-corrected chi connectivity index (χ1v) is 6.53. The number of aliphatic hydroxyl groups is 1.